The largest absolute Gasteiger partial charge is 0.350 e. The van der Waals surface area contributed by atoms with Crippen LogP contribution in [0.5, 0.6) is 0 Å². The maximum atomic E-state index is 13.4. The molecule has 1 N–H and O–H groups in total. The molecule has 0 aliphatic carbocycles. The molecule has 0 unspecified atom stereocenters. The molecule has 3 aromatic rings. The summed E-state index contributed by atoms with van der Waals surface area (Å²) >= 11 is 6.19. The van der Waals surface area contributed by atoms with Crippen LogP contribution in [0.3, 0.4) is 0 Å². The summed E-state index contributed by atoms with van der Waals surface area (Å²) in [6.07, 6.45) is 0. The fraction of sp³-hybridized carbons (Fsp3) is 0.0435. The third-order valence-electron chi connectivity index (χ3n) is 5.06. The number of carbonyl (C=O) groups excluding carboxylic acids is 2. The molecule has 32 heavy (non-hydrogen) atoms. The van der Waals surface area contributed by atoms with Crippen molar-refractivity contribution in [2.24, 2.45) is 0 Å². The maximum absolute atomic E-state index is 13.4. The van der Waals surface area contributed by atoms with Gasteiger partial charge in [0.2, 0.25) is 0 Å². The van der Waals surface area contributed by atoms with E-state index in [1.165, 1.54) is 36.4 Å². The van der Waals surface area contributed by atoms with Crippen molar-refractivity contribution in [1.29, 1.82) is 0 Å². The van der Waals surface area contributed by atoms with Crippen molar-refractivity contribution in [1.82, 2.24) is 0 Å². The lowest BCUT2D eigenvalue weighted by atomic mass is 10.0. The van der Waals surface area contributed by atoms with Crippen molar-refractivity contribution in [2.75, 3.05) is 10.2 Å². The van der Waals surface area contributed by atoms with Gasteiger partial charge in [0.05, 0.1) is 16.2 Å². The van der Waals surface area contributed by atoms with Gasteiger partial charge in [-0.2, -0.15) is 0 Å². The van der Waals surface area contributed by atoms with Gasteiger partial charge < -0.3 is 5.32 Å². The molecule has 0 fully saturated rings. The number of benzene rings is 3. The molecule has 4 rings (SSSR count). The third-order valence-corrected chi connectivity index (χ3v) is 5.47. The minimum atomic E-state index is -0.644. The predicted molar refractivity (Wildman–Crippen MR) is 119 cm³/mol. The van der Waals surface area contributed by atoms with E-state index in [0.29, 0.717) is 21.8 Å². The number of nitro benzene ring substituents is 1. The summed E-state index contributed by atoms with van der Waals surface area (Å²) in [5.74, 6) is -1.80. The Bertz CT molecular complexity index is 1290. The van der Waals surface area contributed by atoms with Crippen LogP contribution in [0.25, 0.3) is 5.57 Å². The molecule has 1 aliphatic rings. The molecule has 0 spiro atoms. The van der Waals surface area contributed by atoms with E-state index in [4.69, 9.17) is 11.6 Å². The number of rotatable bonds is 5. The highest BCUT2D eigenvalue weighted by Crippen LogP contribution is 2.35. The second-order valence-corrected chi connectivity index (χ2v) is 7.42. The summed E-state index contributed by atoms with van der Waals surface area (Å²) in [4.78, 5) is 38.0. The number of nitro groups is 1. The first-order valence-corrected chi connectivity index (χ1v) is 9.81. The van der Waals surface area contributed by atoms with Crippen molar-refractivity contribution >= 4 is 46.1 Å². The van der Waals surface area contributed by atoms with Crippen molar-refractivity contribution in [2.45, 2.75) is 6.92 Å². The lowest BCUT2D eigenvalue weighted by Crippen LogP contribution is -2.32. The van der Waals surface area contributed by atoms with Crippen molar-refractivity contribution in [3.05, 3.63) is 105 Å². The van der Waals surface area contributed by atoms with Crippen LogP contribution in [0.15, 0.2) is 72.4 Å². The quantitative estimate of drug-likeness (QED) is 0.331. The van der Waals surface area contributed by atoms with Crippen LogP contribution in [0.2, 0.25) is 5.02 Å². The number of imide groups is 1. The van der Waals surface area contributed by atoms with E-state index < -0.39 is 22.6 Å². The SMILES string of the molecule is Cc1c(Cl)cccc1NC1=C(c2ccc([N+](=O)[O-])cc2)C(=O)N(c2ccc(F)cc2)C1=O. The Balaban J connectivity index is 1.84. The van der Waals surface area contributed by atoms with E-state index in [1.807, 2.05) is 0 Å². The summed E-state index contributed by atoms with van der Waals surface area (Å²) in [7, 11) is 0. The molecule has 0 saturated carbocycles. The van der Waals surface area contributed by atoms with Gasteiger partial charge >= 0.3 is 0 Å². The van der Waals surface area contributed by atoms with E-state index in [2.05, 4.69) is 5.32 Å². The number of anilines is 2. The smallest absolute Gasteiger partial charge is 0.282 e. The molecule has 0 atom stereocenters. The molecule has 0 bridgehead atoms. The summed E-state index contributed by atoms with van der Waals surface area (Å²) in [6, 6.07) is 15.4. The molecule has 0 radical (unpaired) electrons. The van der Waals surface area contributed by atoms with Gasteiger partial charge in [-0.15, -0.1) is 0 Å². The standard InChI is InChI=1S/C23H15ClFN3O4/c1-13-18(24)3-2-4-19(13)26-21-20(14-5-9-17(10-6-14)28(31)32)22(29)27(23(21)30)16-11-7-15(25)8-12-16/h2-12,26H,1H3. The fourth-order valence-corrected chi connectivity index (χ4v) is 3.54. The zero-order valence-corrected chi connectivity index (χ0v) is 17.4. The van der Waals surface area contributed by atoms with Crippen LogP contribution in [0.1, 0.15) is 11.1 Å². The Hall–Kier alpha value is -4.04. The maximum Gasteiger partial charge on any atom is 0.282 e. The predicted octanol–water partition coefficient (Wildman–Crippen LogP) is 5.09. The molecule has 7 nitrogen and oxygen atoms in total. The Kier molecular flexibility index (Phi) is 5.46. The first-order chi connectivity index (χ1) is 15.3. The Morgan fingerprint density at radius 3 is 2.25 bits per heavy atom. The van der Waals surface area contributed by atoms with Crippen LogP contribution in [-0.2, 0) is 9.59 Å². The van der Waals surface area contributed by atoms with Gasteiger partial charge in [-0.3, -0.25) is 19.7 Å². The van der Waals surface area contributed by atoms with E-state index in [9.17, 15) is 24.1 Å². The molecule has 2 amide bonds. The van der Waals surface area contributed by atoms with E-state index >= 15 is 0 Å². The van der Waals surface area contributed by atoms with Crippen LogP contribution < -0.4 is 10.2 Å². The fourth-order valence-electron chi connectivity index (χ4n) is 3.37. The van der Waals surface area contributed by atoms with Crippen molar-refractivity contribution in [3.8, 4) is 0 Å². The Morgan fingerprint density at radius 1 is 0.969 bits per heavy atom. The molecule has 1 aliphatic heterocycles. The molecule has 3 aromatic carbocycles. The third kappa shape index (κ3) is 3.72. The zero-order valence-electron chi connectivity index (χ0n) is 16.6. The van der Waals surface area contributed by atoms with Gasteiger partial charge in [-0.05, 0) is 66.6 Å². The highest BCUT2D eigenvalue weighted by molar-refractivity contribution is 6.46. The Labute approximate surface area is 186 Å². The molecular formula is C23H15ClFN3O4. The Morgan fingerprint density at radius 2 is 1.62 bits per heavy atom. The number of nitrogens with zero attached hydrogens (tertiary/aromatic N) is 2. The first-order valence-electron chi connectivity index (χ1n) is 9.43. The molecule has 160 valence electrons. The van der Waals surface area contributed by atoms with Crippen molar-refractivity contribution in [3.63, 3.8) is 0 Å². The normalized spacial score (nSPS) is 13.7. The monoisotopic (exact) mass is 451 g/mol. The topological polar surface area (TPSA) is 92.6 Å². The van der Waals surface area contributed by atoms with Crippen LogP contribution >= 0.6 is 11.6 Å². The van der Waals surface area contributed by atoms with E-state index in [1.54, 1.807) is 25.1 Å². The lowest BCUT2D eigenvalue weighted by Gasteiger charge is -2.16. The average Bonchev–Trinajstić information content (AvgIpc) is 3.01. The number of hydrogen-bond donors (Lipinski definition) is 1. The summed E-state index contributed by atoms with van der Waals surface area (Å²) in [6.45, 7) is 1.76. The number of halogens is 2. The lowest BCUT2D eigenvalue weighted by molar-refractivity contribution is -0.384. The minimum absolute atomic E-state index is 0.0152. The second-order valence-electron chi connectivity index (χ2n) is 7.01. The number of amides is 2. The second kappa shape index (κ2) is 8.24. The average molecular weight is 452 g/mol. The van der Waals surface area contributed by atoms with Gasteiger partial charge in [-0.25, -0.2) is 9.29 Å². The molecule has 9 heteroatoms. The minimum Gasteiger partial charge on any atom is -0.350 e. The van der Waals surface area contributed by atoms with Crippen molar-refractivity contribution < 1.29 is 18.9 Å². The number of nitrogens with one attached hydrogen (secondary N) is 1. The van der Waals surface area contributed by atoms with Crippen LogP contribution in [-0.4, -0.2) is 16.7 Å². The first kappa shape index (κ1) is 21.2. The summed E-state index contributed by atoms with van der Waals surface area (Å²) < 4.78 is 13.4. The highest BCUT2D eigenvalue weighted by Gasteiger charge is 2.40. The molecule has 1 heterocycles. The van der Waals surface area contributed by atoms with Gasteiger partial charge in [0.1, 0.15) is 11.5 Å². The zero-order chi connectivity index (χ0) is 23.0. The van der Waals surface area contributed by atoms with E-state index in [0.717, 1.165) is 17.0 Å². The molecule has 0 aromatic heterocycles. The van der Waals surface area contributed by atoms with Gasteiger partial charge in [0.15, 0.2) is 0 Å². The van der Waals surface area contributed by atoms with E-state index in [-0.39, 0.29) is 22.6 Å². The van der Waals surface area contributed by atoms with Gasteiger partial charge in [-0.1, -0.05) is 17.7 Å². The summed E-state index contributed by atoms with van der Waals surface area (Å²) in [5, 5.41) is 14.5. The number of carbonyl (C=O) groups is 2. The highest BCUT2D eigenvalue weighted by atomic mass is 35.5. The molecule has 0 saturated heterocycles. The van der Waals surface area contributed by atoms with Gasteiger partial charge in [0.25, 0.3) is 17.5 Å². The number of hydrogen-bond acceptors (Lipinski definition) is 5. The number of non-ortho nitro benzene ring substituents is 1. The van der Waals surface area contributed by atoms with Crippen LogP contribution in [0.4, 0.5) is 21.5 Å². The van der Waals surface area contributed by atoms with Gasteiger partial charge in [0, 0.05) is 22.8 Å². The molecular weight excluding hydrogens is 437 g/mol. The van der Waals surface area contributed by atoms with Crippen LogP contribution in [0, 0.1) is 22.9 Å². The summed E-state index contributed by atoms with van der Waals surface area (Å²) in [5.41, 5.74) is 1.58.